The molecule has 0 amide bonds. The summed E-state index contributed by atoms with van der Waals surface area (Å²) in [5.74, 6) is -2.12. The van der Waals surface area contributed by atoms with E-state index in [2.05, 4.69) is 9.46 Å². The molecule has 26 heavy (non-hydrogen) atoms. The predicted octanol–water partition coefficient (Wildman–Crippen LogP) is 4.05. The maximum Gasteiger partial charge on any atom is 0.387 e. The first-order valence-corrected chi connectivity index (χ1v) is 8.87. The van der Waals surface area contributed by atoms with E-state index in [0.717, 1.165) is 23.6 Å². The zero-order valence-electron chi connectivity index (χ0n) is 12.9. The number of halogens is 3. The molecule has 0 unspecified atom stereocenters. The average Bonchev–Trinajstić information content (AvgIpc) is 2.55. The number of hydrogen-bond acceptors (Lipinski definition) is 4. The third-order valence-electron chi connectivity index (χ3n) is 3.00. The topological polar surface area (TPSA) is 92.7 Å². The lowest BCUT2D eigenvalue weighted by Crippen LogP contribution is -2.11. The van der Waals surface area contributed by atoms with E-state index in [1.807, 2.05) is 0 Å². The summed E-state index contributed by atoms with van der Waals surface area (Å²) in [4.78, 5) is 11.1. The van der Waals surface area contributed by atoms with E-state index >= 15 is 0 Å². The molecule has 2 aromatic rings. The number of anilines is 1. The van der Waals surface area contributed by atoms with Crippen LogP contribution in [0.5, 0.6) is 5.75 Å². The normalized spacial score (nSPS) is 11.7. The number of ether oxygens (including phenoxy) is 1. The van der Waals surface area contributed by atoms with Crippen LogP contribution in [0.1, 0.15) is 15.9 Å². The first-order valence-electron chi connectivity index (χ1n) is 6.95. The van der Waals surface area contributed by atoms with Crippen LogP contribution < -0.4 is 9.46 Å². The van der Waals surface area contributed by atoms with Gasteiger partial charge < -0.3 is 9.84 Å². The number of benzene rings is 2. The van der Waals surface area contributed by atoms with Crippen LogP contribution in [0.15, 0.2) is 47.9 Å². The summed E-state index contributed by atoms with van der Waals surface area (Å²) in [6, 6.07) is 9.31. The molecule has 0 aromatic heterocycles. The summed E-state index contributed by atoms with van der Waals surface area (Å²) in [5.41, 5.74) is -0.149. The lowest BCUT2D eigenvalue weighted by molar-refractivity contribution is -0.0503. The largest absolute Gasteiger partial charge is 0.478 e. The van der Waals surface area contributed by atoms with E-state index in [1.165, 1.54) is 6.08 Å². The van der Waals surface area contributed by atoms with Crippen LogP contribution in [0.2, 0.25) is 5.02 Å². The van der Waals surface area contributed by atoms with Crippen molar-refractivity contribution in [3.63, 3.8) is 0 Å². The number of nitrogens with one attached hydrogen (secondary N) is 1. The third kappa shape index (κ3) is 5.71. The van der Waals surface area contributed by atoms with E-state index in [-0.39, 0.29) is 5.69 Å². The van der Waals surface area contributed by atoms with Crippen molar-refractivity contribution in [2.75, 3.05) is 4.72 Å². The molecule has 0 radical (unpaired) electrons. The molecule has 0 aliphatic heterocycles. The molecule has 0 heterocycles. The zero-order valence-corrected chi connectivity index (χ0v) is 14.5. The molecule has 0 saturated carbocycles. The Balaban J connectivity index is 2.21. The van der Waals surface area contributed by atoms with Gasteiger partial charge in [0.05, 0.1) is 5.41 Å². The molecule has 2 rings (SSSR count). The molecule has 0 bridgehead atoms. The molecule has 0 saturated heterocycles. The first kappa shape index (κ1) is 19.7. The summed E-state index contributed by atoms with van der Waals surface area (Å²) in [5, 5.41) is 10.4. The quantitative estimate of drug-likeness (QED) is 0.727. The molecule has 0 fully saturated rings. The molecule has 2 aromatic carbocycles. The van der Waals surface area contributed by atoms with Gasteiger partial charge in [0.2, 0.25) is 0 Å². The Morgan fingerprint density at radius 2 is 1.85 bits per heavy atom. The standard InChI is InChI=1S/C16H12ClF2NO5S/c17-11-3-1-10(2-4-11)7-8-26(23,24)20-12-5-6-14(25-16(18)19)13(9-12)15(21)22/h1-9,16,20H,(H,21,22)/b8-7-. The molecule has 2 N–H and O–H groups in total. The molecule has 0 aliphatic rings. The summed E-state index contributed by atoms with van der Waals surface area (Å²) >= 11 is 5.73. The van der Waals surface area contributed by atoms with E-state index in [4.69, 9.17) is 16.7 Å². The Kier molecular flexibility index (Phi) is 6.17. The maximum absolute atomic E-state index is 12.3. The van der Waals surface area contributed by atoms with Gasteiger partial charge in [0.25, 0.3) is 10.0 Å². The van der Waals surface area contributed by atoms with Gasteiger partial charge in [-0.2, -0.15) is 8.78 Å². The fraction of sp³-hybridized carbons (Fsp3) is 0.0625. The van der Waals surface area contributed by atoms with Crippen LogP contribution in [0.4, 0.5) is 14.5 Å². The van der Waals surface area contributed by atoms with Gasteiger partial charge in [-0.15, -0.1) is 0 Å². The third-order valence-corrected chi connectivity index (χ3v) is 4.26. The number of carbonyl (C=O) groups is 1. The van der Waals surface area contributed by atoms with Crippen molar-refractivity contribution < 1.29 is 31.8 Å². The predicted molar refractivity (Wildman–Crippen MR) is 93.1 cm³/mol. The second-order valence-corrected chi connectivity index (χ2v) is 6.90. The number of alkyl halides is 2. The van der Waals surface area contributed by atoms with E-state index in [9.17, 15) is 22.0 Å². The zero-order chi connectivity index (χ0) is 19.3. The average molecular weight is 404 g/mol. The van der Waals surface area contributed by atoms with Gasteiger partial charge >= 0.3 is 12.6 Å². The van der Waals surface area contributed by atoms with Crippen LogP contribution >= 0.6 is 11.6 Å². The highest BCUT2D eigenvalue weighted by atomic mass is 35.5. The fourth-order valence-corrected chi connectivity index (χ4v) is 2.89. The van der Waals surface area contributed by atoms with Gasteiger partial charge in [0, 0.05) is 10.7 Å². The number of carboxylic acid groups (broad SMARTS) is 1. The van der Waals surface area contributed by atoms with Crippen molar-refractivity contribution in [3.05, 3.63) is 64.0 Å². The van der Waals surface area contributed by atoms with Crippen LogP contribution in [0.25, 0.3) is 6.08 Å². The van der Waals surface area contributed by atoms with E-state index in [1.54, 1.807) is 24.3 Å². The van der Waals surface area contributed by atoms with Gasteiger partial charge in [0.1, 0.15) is 11.3 Å². The lowest BCUT2D eigenvalue weighted by atomic mass is 10.2. The number of carboxylic acids is 1. The molecule has 10 heteroatoms. The highest BCUT2D eigenvalue weighted by molar-refractivity contribution is 7.95. The lowest BCUT2D eigenvalue weighted by Gasteiger charge is -2.10. The minimum absolute atomic E-state index is 0.121. The van der Waals surface area contributed by atoms with Gasteiger partial charge in [-0.1, -0.05) is 23.7 Å². The number of hydrogen-bond donors (Lipinski definition) is 2. The molecule has 138 valence electrons. The van der Waals surface area contributed by atoms with Gasteiger partial charge in [0.15, 0.2) is 0 Å². The Morgan fingerprint density at radius 3 is 2.42 bits per heavy atom. The van der Waals surface area contributed by atoms with Crippen molar-refractivity contribution in [2.45, 2.75) is 6.61 Å². The van der Waals surface area contributed by atoms with Crippen molar-refractivity contribution >= 4 is 39.4 Å². The monoisotopic (exact) mass is 403 g/mol. The Morgan fingerprint density at radius 1 is 1.19 bits per heavy atom. The molecular weight excluding hydrogens is 392 g/mol. The fourth-order valence-electron chi connectivity index (χ4n) is 1.90. The number of aromatic carboxylic acids is 1. The number of sulfonamides is 1. The van der Waals surface area contributed by atoms with Gasteiger partial charge in [-0.25, -0.2) is 13.2 Å². The number of rotatable bonds is 7. The molecule has 6 nitrogen and oxygen atoms in total. The highest BCUT2D eigenvalue weighted by Crippen LogP contribution is 2.25. The van der Waals surface area contributed by atoms with Crippen molar-refractivity contribution in [3.8, 4) is 5.75 Å². The van der Waals surface area contributed by atoms with Crippen LogP contribution in [0, 0.1) is 0 Å². The molecule has 0 atom stereocenters. The SMILES string of the molecule is O=C(O)c1cc(NS(=O)(=O)/C=C\c2ccc(Cl)cc2)ccc1OC(F)F. The molecule has 0 spiro atoms. The summed E-state index contributed by atoms with van der Waals surface area (Å²) < 4.78 is 54.9. The summed E-state index contributed by atoms with van der Waals surface area (Å²) in [6.45, 7) is -3.21. The van der Waals surface area contributed by atoms with Crippen molar-refractivity contribution in [1.82, 2.24) is 0 Å². The van der Waals surface area contributed by atoms with E-state index < -0.39 is 33.9 Å². The van der Waals surface area contributed by atoms with Crippen molar-refractivity contribution in [1.29, 1.82) is 0 Å². The Hall–Kier alpha value is -2.65. The first-order chi connectivity index (χ1) is 12.2. The van der Waals surface area contributed by atoms with Gasteiger partial charge in [-0.3, -0.25) is 4.72 Å². The maximum atomic E-state index is 12.3. The summed E-state index contributed by atoms with van der Waals surface area (Å²) in [6.07, 6.45) is 1.31. The van der Waals surface area contributed by atoms with Gasteiger partial charge in [-0.05, 0) is 42.0 Å². The summed E-state index contributed by atoms with van der Waals surface area (Å²) in [7, 11) is -3.97. The minimum atomic E-state index is -3.97. The van der Waals surface area contributed by atoms with Crippen LogP contribution in [-0.2, 0) is 10.0 Å². The smallest absolute Gasteiger partial charge is 0.387 e. The van der Waals surface area contributed by atoms with Crippen molar-refractivity contribution in [2.24, 2.45) is 0 Å². The highest BCUT2D eigenvalue weighted by Gasteiger charge is 2.17. The minimum Gasteiger partial charge on any atom is -0.478 e. The van der Waals surface area contributed by atoms with E-state index in [0.29, 0.717) is 10.6 Å². The second-order valence-electron chi connectivity index (χ2n) is 4.90. The second kappa shape index (κ2) is 8.15. The van der Waals surface area contributed by atoms with Crippen LogP contribution in [-0.4, -0.2) is 26.1 Å². The van der Waals surface area contributed by atoms with Crippen LogP contribution in [0.3, 0.4) is 0 Å². The molecule has 0 aliphatic carbocycles. The Bertz CT molecular complexity index is 930. The molecular formula is C16H12ClF2NO5S. The Labute approximate surface area is 152 Å².